The quantitative estimate of drug-likeness (QED) is 0.879. The molecule has 2 heterocycles. The fourth-order valence-corrected chi connectivity index (χ4v) is 2.43. The maximum atomic E-state index is 11.8. The van der Waals surface area contributed by atoms with Gasteiger partial charge in [-0.05, 0) is 12.1 Å². The molecule has 2 aromatic heterocycles. The molecule has 0 aliphatic rings. The third kappa shape index (κ3) is 2.72. The van der Waals surface area contributed by atoms with E-state index in [1.54, 1.807) is 12.1 Å². The molecule has 94 valence electrons. The van der Waals surface area contributed by atoms with Crippen molar-refractivity contribution in [2.24, 2.45) is 0 Å². The average Bonchev–Trinajstić information content (AvgIpc) is 2.73. The molecule has 0 spiro atoms. The summed E-state index contributed by atoms with van der Waals surface area (Å²) in [5.74, 6) is -0.280. The number of aromatic nitrogens is 2. The van der Waals surface area contributed by atoms with Gasteiger partial charge in [0.2, 0.25) is 0 Å². The lowest BCUT2D eigenvalue weighted by atomic mass is 10.3. The van der Waals surface area contributed by atoms with Crippen LogP contribution in [0.4, 0.5) is 0 Å². The molecular weight excluding hydrogens is 299 g/mol. The molecule has 0 aromatic carbocycles. The number of H-pyrrole nitrogens is 1. The van der Waals surface area contributed by atoms with E-state index in [-0.39, 0.29) is 17.4 Å². The van der Waals surface area contributed by atoms with Gasteiger partial charge in [0.15, 0.2) is 5.78 Å². The molecule has 5 nitrogen and oxygen atoms in total. The van der Waals surface area contributed by atoms with Crippen molar-refractivity contribution >= 4 is 40.3 Å². The van der Waals surface area contributed by atoms with Crippen LogP contribution in [0.3, 0.4) is 0 Å². The van der Waals surface area contributed by atoms with Gasteiger partial charge in [-0.15, -0.1) is 11.3 Å². The third-order valence-electron chi connectivity index (χ3n) is 2.13. The van der Waals surface area contributed by atoms with Crippen molar-refractivity contribution in [2.75, 3.05) is 0 Å². The van der Waals surface area contributed by atoms with Crippen LogP contribution in [0.25, 0.3) is 0 Å². The second kappa shape index (κ2) is 5.09. The molecule has 1 N–H and O–H groups in total. The predicted octanol–water partition coefficient (Wildman–Crippen LogP) is 1.79. The second-order valence-electron chi connectivity index (χ2n) is 3.39. The average molecular weight is 305 g/mol. The highest BCUT2D eigenvalue weighted by Crippen LogP contribution is 2.21. The molecule has 0 saturated carbocycles. The van der Waals surface area contributed by atoms with E-state index in [0.29, 0.717) is 9.21 Å². The van der Waals surface area contributed by atoms with Crippen molar-refractivity contribution in [2.45, 2.75) is 6.54 Å². The third-order valence-corrected chi connectivity index (χ3v) is 3.67. The van der Waals surface area contributed by atoms with Crippen LogP contribution in [0.15, 0.2) is 27.9 Å². The van der Waals surface area contributed by atoms with E-state index in [1.807, 2.05) is 4.98 Å². The Morgan fingerprint density at radius 2 is 2.06 bits per heavy atom. The fourth-order valence-electron chi connectivity index (χ4n) is 1.30. The molecule has 0 saturated heterocycles. The zero-order valence-corrected chi connectivity index (χ0v) is 11.1. The van der Waals surface area contributed by atoms with E-state index in [0.717, 1.165) is 22.1 Å². The van der Waals surface area contributed by atoms with Gasteiger partial charge in [-0.3, -0.25) is 19.1 Å². The van der Waals surface area contributed by atoms with E-state index in [9.17, 15) is 14.4 Å². The van der Waals surface area contributed by atoms with Crippen LogP contribution < -0.4 is 11.2 Å². The second-order valence-corrected chi connectivity index (χ2v) is 5.51. The van der Waals surface area contributed by atoms with Crippen molar-refractivity contribution in [1.29, 1.82) is 0 Å². The van der Waals surface area contributed by atoms with Crippen LogP contribution in [0, 0.1) is 0 Å². The zero-order chi connectivity index (χ0) is 13.3. The Labute approximate surface area is 115 Å². The van der Waals surface area contributed by atoms with Gasteiger partial charge in [-0.25, -0.2) is 4.79 Å². The Hall–Kier alpha value is -1.37. The molecule has 18 heavy (non-hydrogen) atoms. The summed E-state index contributed by atoms with van der Waals surface area (Å²) >= 11 is 12.4. The number of Topliss-reactive ketones (excluding diaryl/α,β-unsaturated/α-hetero) is 1. The Bertz CT molecular complexity index is 716. The fraction of sp³-hybridized carbons (Fsp3) is 0.100. The minimum atomic E-state index is -0.680. The van der Waals surface area contributed by atoms with Crippen molar-refractivity contribution in [3.8, 4) is 0 Å². The summed E-state index contributed by atoms with van der Waals surface area (Å²) in [5.41, 5.74) is -1.36. The van der Waals surface area contributed by atoms with E-state index in [4.69, 9.17) is 23.2 Å². The number of nitrogens with one attached hydrogen (secondary N) is 1. The number of halogens is 2. The smallest absolute Gasteiger partial charge is 0.291 e. The first kappa shape index (κ1) is 13.1. The highest BCUT2D eigenvalue weighted by atomic mass is 35.5. The number of rotatable bonds is 3. The standard InChI is InChI=1S/C10H6Cl2N2O3S/c11-5-3-14(10(17)13-9(5)16)4-6(15)7-1-2-8(12)18-7/h1-3H,4H2,(H,13,16,17). The van der Waals surface area contributed by atoms with Crippen LogP contribution in [0.2, 0.25) is 9.36 Å². The number of aromatic amines is 1. The highest BCUT2D eigenvalue weighted by Gasteiger charge is 2.11. The number of thiophene rings is 1. The van der Waals surface area contributed by atoms with Crippen LogP contribution >= 0.6 is 34.5 Å². The van der Waals surface area contributed by atoms with Gasteiger partial charge in [0, 0.05) is 6.20 Å². The number of hydrogen-bond acceptors (Lipinski definition) is 4. The number of hydrogen-bond donors (Lipinski definition) is 1. The van der Waals surface area contributed by atoms with Gasteiger partial charge < -0.3 is 0 Å². The van der Waals surface area contributed by atoms with Crippen molar-refractivity contribution in [3.05, 3.63) is 53.4 Å². The lowest BCUT2D eigenvalue weighted by molar-refractivity contribution is 0.0974. The number of carbonyl (C=O) groups excluding carboxylic acids is 1. The molecule has 0 atom stereocenters. The van der Waals surface area contributed by atoms with E-state index in [1.165, 1.54) is 0 Å². The summed E-state index contributed by atoms with van der Waals surface area (Å²) in [5, 5.41) is -0.147. The first-order valence-corrected chi connectivity index (χ1v) is 6.32. The molecule has 0 aliphatic heterocycles. The molecule has 2 aromatic rings. The van der Waals surface area contributed by atoms with Gasteiger partial charge >= 0.3 is 5.69 Å². The van der Waals surface area contributed by atoms with Crippen LogP contribution in [0.1, 0.15) is 9.67 Å². The largest absolute Gasteiger partial charge is 0.328 e. The minimum absolute atomic E-state index is 0.147. The van der Waals surface area contributed by atoms with E-state index < -0.39 is 11.2 Å². The maximum Gasteiger partial charge on any atom is 0.328 e. The number of ketones is 1. The molecule has 0 bridgehead atoms. The normalized spacial score (nSPS) is 10.6. The molecule has 0 amide bonds. The zero-order valence-electron chi connectivity index (χ0n) is 8.78. The first-order chi connectivity index (χ1) is 8.47. The Balaban J connectivity index is 2.30. The Morgan fingerprint density at radius 3 is 2.67 bits per heavy atom. The van der Waals surface area contributed by atoms with Crippen molar-refractivity contribution in [3.63, 3.8) is 0 Å². The van der Waals surface area contributed by atoms with Crippen LogP contribution in [-0.4, -0.2) is 15.3 Å². The Morgan fingerprint density at radius 1 is 1.33 bits per heavy atom. The summed E-state index contributed by atoms with van der Waals surface area (Å²) in [7, 11) is 0. The van der Waals surface area contributed by atoms with E-state index in [2.05, 4.69) is 0 Å². The minimum Gasteiger partial charge on any atom is -0.291 e. The monoisotopic (exact) mass is 304 g/mol. The van der Waals surface area contributed by atoms with Gasteiger partial charge in [0.25, 0.3) is 5.56 Å². The van der Waals surface area contributed by atoms with Gasteiger partial charge in [0.05, 0.1) is 15.8 Å². The number of nitrogens with zero attached hydrogens (tertiary/aromatic N) is 1. The lowest BCUT2D eigenvalue weighted by Gasteiger charge is -2.02. The SMILES string of the molecule is O=C(Cn1cc(Cl)c(=O)[nH]c1=O)c1ccc(Cl)s1. The molecule has 0 unspecified atom stereocenters. The highest BCUT2D eigenvalue weighted by molar-refractivity contribution is 7.18. The summed E-state index contributed by atoms with van der Waals surface area (Å²) in [4.78, 5) is 36.8. The van der Waals surface area contributed by atoms with Crippen molar-refractivity contribution < 1.29 is 4.79 Å². The van der Waals surface area contributed by atoms with Gasteiger partial charge in [0.1, 0.15) is 5.02 Å². The summed E-state index contributed by atoms with van der Waals surface area (Å²) in [6.07, 6.45) is 1.13. The van der Waals surface area contributed by atoms with E-state index >= 15 is 0 Å². The first-order valence-electron chi connectivity index (χ1n) is 4.75. The van der Waals surface area contributed by atoms with Gasteiger partial charge in [-0.2, -0.15) is 0 Å². The van der Waals surface area contributed by atoms with Crippen LogP contribution in [0.5, 0.6) is 0 Å². The Kier molecular flexibility index (Phi) is 3.70. The summed E-state index contributed by atoms with van der Waals surface area (Å²) in [6, 6.07) is 3.18. The van der Waals surface area contributed by atoms with Crippen LogP contribution in [-0.2, 0) is 6.54 Å². The maximum absolute atomic E-state index is 11.8. The molecule has 2 rings (SSSR count). The topological polar surface area (TPSA) is 71.9 Å². The molecule has 0 radical (unpaired) electrons. The molecule has 0 aliphatic carbocycles. The molecule has 8 heteroatoms. The number of carbonyl (C=O) groups is 1. The molecule has 0 fully saturated rings. The van der Waals surface area contributed by atoms with Crippen molar-refractivity contribution in [1.82, 2.24) is 9.55 Å². The predicted molar refractivity (Wildman–Crippen MR) is 70.0 cm³/mol. The summed E-state index contributed by atoms with van der Waals surface area (Å²) in [6.45, 7) is -0.202. The van der Waals surface area contributed by atoms with Gasteiger partial charge in [-0.1, -0.05) is 23.2 Å². The molecular formula is C10H6Cl2N2O3S. The lowest BCUT2D eigenvalue weighted by Crippen LogP contribution is -2.31. The summed E-state index contributed by atoms with van der Waals surface area (Å²) < 4.78 is 1.53.